The molecule has 1 aliphatic heterocycles. The van der Waals surface area contributed by atoms with E-state index in [-0.39, 0.29) is 13.0 Å². The Morgan fingerprint density at radius 3 is 2.75 bits per heavy atom. The second-order valence-corrected chi connectivity index (χ2v) is 6.58. The normalized spacial score (nSPS) is 21.1. The lowest BCUT2D eigenvalue weighted by Crippen LogP contribution is -2.33. The van der Waals surface area contributed by atoms with Crippen molar-refractivity contribution in [3.8, 4) is 0 Å². The molecule has 2 aromatic rings. The predicted octanol–water partition coefficient (Wildman–Crippen LogP) is 1.98. The molecule has 28 heavy (non-hydrogen) atoms. The van der Waals surface area contributed by atoms with Gasteiger partial charge in [-0.15, -0.1) is 0 Å². The number of aromatic nitrogens is 2. The van der Waals surface area contributed by atoms with Crippen LogP contribution in [0.2, 0.25) is 0 Å². The first-order chi connectivity index (χ1) is 13.4. The van der Waals surface area contributed by atoms with Gasteiger partial charge in [-0.1, -0.05) is 22.8 Å². The Labute approximate surface area is 159 Å². The molecule has 0 bridgehead atoms. The molecule has 0 aliphatic carbocycles. The second-order valence-electron chi connectivity index (χ2n) is 6.58. The van der Waals surface area contributed by atoms with Crippen LogP contribution in [0.3, 0.4) is 0 Å². The minimum atomic E-state index is -0.748. The van der Waals surface area contributed by atoms with Gasteiger partial charge in [0.1, 0.15) is 18.9 Å². The molecule has 0 amide bonds. The summed E-state index contributed by atoms with van der Waals surface area (Å²) < 4.78 is 12.3. The number of benzene rings is 1. The molecule has 10 nitrogen and oxygen atoms in total. The summed E-state index contributed by atoms with van der Waals surface area (Å²) in [5.74, 6) is -0.524. The van der Waals surface area contributed by atoms with Gasteiger partial charge in [0.25, 0.3) is 5.56 Å². The molecule has 3 rings (SSSR count). The summed E-state index contributed by atoms with van der Waals surface area (Å²) in [5, 5.41) is 3.69. The molecule has 0 saturated carbocycles. The number of esters is 1. The minimum Gasteiger partial charge on any atom is -0.459 e. The molecule has 1 saturated heterocycles. The molecule has 1 N–H and O–H groups in total. The van der Waals surface area contributed by atoms with Crippen molar-refractivity contribution in [2.75, 3.05) is 6.61 Å². The van der Waals surface area contributed by atoms with Crippen LogP contribution in [0.1, 0.15) is 34.1 Å². The van der Waals surface area contributed by atoms with Crippen molar-refractivity contribution in [1.29, 1.82) is 0 Å². The maximum absolute atomic E-state index is 12.2. The molecule has 1 aliphatic rings. The number of hydrogen-bond acceptors (Lipinski definition) is 6. The van der Waals surface area contributed by atoms with E-state index in [1.807, 2.05) is 6.92 Å². The van der Waals surface area contributed by atoms with Gasteiger partial charge in [-0.2, -0.15) is 0 Å². The number of H-pyrrole nitrogens is 1. The average molecular weight is 385 g/mol. The fourth-order valence-corrected chi connectivity index (χ4v) is 2.95. The van der Waals surface area contributed by atoms with E-state index in [0.29, 0.717) is 11.1 Å². The van der Waals surface area contributed by atoms with Gasteiger partial charge >= 0.3 is 11.7 Å². The molecule has 1 aromatic carbocycles. The van der Waals surface area contributed by atoms with E-state index in [1.165, 1.54) is 10.8 Å². The van der Waals surface area contributed by atoms with Gasteiger partial charge in [0.2, 0.25) is 0 Å². The lowest BCUT2D eigenvalue weighted by Gasteiger charge is -2.17. The fourth-order valence-electron chi connectivity index (χ4n) is 2.95. The highest BCUT2D eigenvalue weighted by atomic mass is 16.6. The summed E-state index contributed by atoms with van der Waals surface area (Å²) in [4.78, 5) is 40.8. The summed E-state index contributed by atoms with van der Waals surface area (Å²) in [6, 6.07) is 6.28. The number of nitrogens with one attached hydrogen (secondary N) is 1. The zero-order valence-corrected chi connectivity index (χ0v) is 15.4. The van der Waals surface area contributed by atoms with Gasteiger partial charge < -0.3 is 9.47 Å². The summed E-state index contributed by atoms with van der Waals surface area (Å²) in [7, 11) is 0. The average Bonchev–Trinajstić information content (AvgIpc) is 3.06. The van der Waals surface area contributed by atoms with Crippen molar-refractivity contribution in [2.24, 2.45) is 5.11 Å². The van der Waals surface area contributed by atoms with Gasteiger partial charge in [0.15, 0.2) is 0 Å². The lowest BCUT2D eigenvalue weighted by atomic mass is 10.1. The van der Waals surface area contributed by atoms with Crippen molar-refractivity contribution in [2.45, 2.75) is 38.6 Å². The molecular weight excluding hydrogens is 366 g/mol. The molecule has 1 fully saturated rings. The highest BCUT2D eigenvalue weighted by molar-refractivity contribution is 5.89. The lowest BCUT2D eigenvalue weighted by molar-refractivity contribution is -0.0363. The van der Waals surface area contributed by atoms with E-state index in [1.54, 1.807) is 31.2 Å². The van der Waals surface area contributed by atoms with Gasteiger partial charge in [0.05, 0.1) is 11.6 Å². The number of carbonyl (C=O) groups excluding carboxylic acids is 1. The predicted molar refractivity (Wildman–Crippen MR) is 99.0 cm³/mol. The monoisotopic (exact) mass is 385 g/mol. The Balaban J connectivity index is 1.73. The van der Waals surface area contributed by atoms with Crippen LogP contribution >= 0.6 is 0 Å². The second kappa shape index (κ2) is 8.12. The molecule has 3 atom stereocenters. The van der Waals surface area contributed by atoms with E-state index in [2.05, 4.69) is 15.0 Å². The standard InChI is InChI=1S/C18H19N5O5/c1-10-3-5-12(6-4-10)17(25)27-9-14-13(21-22-19)7-15(28-14)23-8-11(2)16(24)20-18(23)26/h3-6,8,13-15H,7,9H2,1-2H3,(H,20,24,26)/t13?,14-,15-/m1/s1. The molecule has 146 valence electrons. The van der Waals surface area contributed by atoms with Crippen LogP contribution in [-0.4, -0.2) is 34.3 Å². The minimum absolute atomic E-state index is 0.135. The van der Waals surface area contributed by atoms with Crippen molar-refractivity contribution in [1.82, 2.24) is 9.55 Å². The van der Waals surface area contributed by atoms with Gasteiger partial charge in [-0.05, 0) is 31.5 Å². The molecular formula is C18H19N5O5. The first kappa shape index (κ1) is 19.4. The first-order valence-electron chi connectivity index (χ1n) is 8.64. The van der Waals surface area contributed by atoms with Crippen LogP contribution < -0.4 is 11.2 Å². The quantitative estimate of drug-likeness (QED) is 0.363. The van der Waals surface area contributed by atoms with E-state index in [9.17, 15) is 14.4 Å². The smallest absolute Gasteiger partial charge is 0.338 e. The van der Waals surface area contributed by atoms with Gasteiger partial charge in [-0.3, -0.25) is 14.3 Å². The highest BCUT2D eigenvalue weighted by Gasteiger charge is 2.37. The van der Waals surface area contributed by atoms with Crippen LogP contribution in [0.4, 0.5) is 0 Å². The Hall–Kier alpha value is -3.36. The van der Waals surface area contributed by atoms with Gasteiger partial charge in [0, 0.05) is 23.1 Å². The largest absolute Gasteiger partial charge is 0.459 e. The number of aryl methyl sites for hydroxylation is 2. The number of ether oxygens (including phenoxy) is 2. The van der Waals surface area contributed by atoms with Crippen molar-refractivity contribution >= 4 is 5.97 Å². The molecule has 2 heterocycles. The highest BCUT2D eigenvalue weighted by Crippen LogP contribution is 2.30. The Bertz CT molecular complexity index is 1040. The molecule has 0 radical (unpaired) electrons. The zero-order chi connectivity index (χ0) is 20.3. The molecule has 0 spiro atoms. The van der Waals surface area contributed by atoms with E-state index < -0.39 is 35.6 Å². The third kappa shape index (κ3) is 4.13. The van der Waals surface area contributed by atoms with Crippen LogP contribution in [0.25, 0.3) is 10.4 Å². The van der Waals surface area contributed by atoms with Crippen molar-refractivity contribution in [3.63, 3.8) is 0 Å². The maximum Gasteiger partial charge on any atom is 0.338 e. The Morgan fingerprint density at radius 2 is 2.07 bits per heavy atom. The number of azide groups is 1. The SMILES string of the molecule is Cc1ccc(C(=O)OC[C@H]2O[C@@H](n3cc(C)c(=O)[nH]c3=O)CC2N=[N+]=[N-])cc1. The molecule has 10 heteroatoms. The van der Waals surface area contributed by atoms with E-state index in [0.717, 1.165) is 5.56 Å². The van der Waals surface area contributed by atoms with E-state index >= 15 is 0 Å². The molecule has 1 aromatic heterocycles. The third-order valence-corrected chi connectivity index (χ3v) is 4.53. The number of hydrogen-bond donors (Lipinski definition) is 1. The number of aromatic amines is 1. The first-order valence-corrected chi connectivity index (χ1v) is 8.64. The summed E-state index contributed by atoms with van der Waals surface area (Å²) in [6.07, 6.45) is 0.137. The van der Waals surface area contributed by atoms with Crippen LogP contribution in [0.15, 0.2) is 45.2 Å². The van der Waals surface area contributed by atoms with Gasteiger partial charge in [-0.25, -0.2) is 9.59 Å². The summed E-state index contributed by atoms with van der Waals surface area (Å²) in [6.45, 7) is 3.34. The maximum atomic E-state index is 12.2. The third-order valence-electron chi connectivity index (χ3n) is 4.53. The van der Waals surface area contributed by atoms with E-state index in [4.69, 9.17) is 15.0 Å². The number of carbonyl (C=O) groups is 1. The van der Waals surface area contributed by atoms with Crippen LogP contribution in [0.5, 0.6) is 0 Å². The van der Waals surface area contributed by atoms with Crippen molar-refractivity contribution < 1.29 is 14.3 Å². The zero-order valence-electron chi connectivity index (χ0n) is 15.4. The fraction of sp³-hybridized carbons (Fsp3) is 0.389. The van der Waals surface area contributed by atoms with Crippen LogP contribution in [-0.2, 0) is 9.47 Å². The number of nitrogens with zero attached hydrogens (tertiary/aromatic N) is 4. The number of rotatable bonds is 5. The Kier molecular flexibility index (Phi) is 5.62. The Morgan fingerprint density at radius 1 is 1.36 bits per heavy atom. The molecule has 1 unspecified atom stereocenters. The van der Waals surface area contributed by atoms with Crippen molar-refractivity contribution in [3.05, 3.63) is 78.4 Å². The van der Waals surface area contributed by atoms with Crippen LogP contribution in [0, 0.1) is 13.8 Å². The summed E-state index contributed by atoms with van der Waals surface area (Å²) >= 11 is 0. The topological polar surface area (TPSA) is 139 Å². The summed E-state index contributed by atoms with van der Waals surface area (Å²) in [5.41, 5.74) is 9.45.